The number of carbonyl (C=O) groups is 1. The first-order chi connectivity index (χ1) is 13.7. The predicted molar refractivity (Wildman–Crippen MR) is 118 cm³/mol. The minimum atomic E-state index is 0.220. The van der Waals surface area contributed by atoms with Gasteiger partial charge < -0.3 is 10.2 Å². The van der Waals surface area contributed by atoms with E-state index in [0.29, 0.717) is 6.04 Å². The molecule has 0 bridgehead atoms. The molecule has 0 aliphatic carbocycles. The molecule has 0 spiro atoms. The first-order valence-corrected chi connectivity index (χ1v) is 12.2. The predicted octanol–water partition coefficient (Wildman–Crippen LogP) is 2.94. The van der Waals surface area contributed by atoms with Gasteiger partial charge in [0.25, 0.3) is 0 Å². The van der Waals surface area contributed by atoms with Gasteiger partial charge in [0, 0.05) is 43.8 Å². The summed E-state index contributed by atoms with van der Waals surface area (Å²) in [5.74, 6) is 1.62. The molecule has 1 aromatic rings. The highest BCUT2D eigenvalue weighted by atomic mass is 32.2. The van der Waals surface area contributed by atoms with Crippen LogP contribution in [0.4, 0.5) is 0 Å². The van der Waals surface area contributed by atoms with Gasteiger partial charge in [-0.05, 0) is 76.3 Å². The molecule has 1 amide bonds. The normalized spacial score (nSPS) is 20.4. The molecule has 2 fully saturated rings. The van der Waals surface area contributed by atoms with Crippen molar-refractivity contribution in [3.8, 4) is 0 Å². The van der Waals surface area contributed by atoms with Crippen molar-refractivity contribution in [1.29, 1.82) is 0 Å². The van der Waals surface area contributed by atoms with Crippen molar-refractivity contribution in [3.63, 3.8) is 0 Å². The number of hydrogen-bond acceptors (Lipinski definition) is 5. The molecule has 5 nitrogen and oxygen atoms in total. The molecule has 3 rings (SSSR count). The Labute approximate surface area is 174 Å². The van der Waals surface area contributed by atoms with E-state index in [2.05, 4.69) is 51.5 Å². The van der Waals surface area contributed by atoms with Gasteiger partial charge >= 0.3 is 0 Å². The number of carbonyl (C=O) groups excluding carboxylic acids is 1. The lowest BCUT2D eigenvalue weighted by Crippen LogP contribution is -2.49. The fraction of sp³-hybridized carbons (Fsp3) is 0.727. The summed E-state index contributed by atoms with van der Waals surface area (Å²) in [6, 6.07) is 6.99. The molecular weight excluding hydrogens is 368 g/mol. The van der Waals surface area contributed by atoms with Crippen LogP contribution in [0.15, 0.2) is 18.2 Å². The van der Waals surface area contributed by atoms with Crippen LogP contribution in [-0.4, -0.2) is 71.5 Å². The van der Waals surface area contributed by atoms with Crippen LogP contribution in [0.3, 0.4) is 0 Å². The molecule has 0 saturated carbocycles. The molecule has 1 aromatic heterocycles. The number of piperidine rings is 2. The maximum Gasteiger partial charge on any atom is 0.223 e. The van der Waals surface area contributed by atoms with Crippen molar-refractivity contribution in [2.24, 2.45) is 5.92 Å². The number of amides is 1. The van der Waals surface area contributed by atoms with E-state index in [1.165, 1.54) is 18.5 Å². The van der Waals surface area contributed by atoms with Gasteiger partial charge in [-0.2, -0.15) is 11.8 Å². The van der Waals surface area contributed by atoms with E-state index < -0.39 is 0 Å². The van der Waals surface area contributed by atoms with Crippen LogP contribution in [-0.2, 0) is 11.3 Å². The summed E-state index contributed by atoms with van der Waals surface area (Å²) in [5, 5.41) is 3.13. The lowest BCUT2D eigenvalue weighted by Gasteiger charge is -2.41. The van der Waals surface area contributed by atoms with Crippen LogP contribution in [0, 0.1) is 12.8 Å². The molecule has 0 atom stereocenters. The second-order valence-corrected chi connectivity index (χ2v) is 9.21. The molecule has 2 saturated heterocycles. The minimum Gasteiger partial charge on any atom is -0.356 e. The van der Waals surface area contributed by atoms with Crippen molar-refractivity contribution in [2.45, 2.75) is 51.6 Å². The van der Waals surface area contributed by atoms with E-state index in [-0.39, 0.29) is 11.8 Å². The number of thioether (sulfide) groups is 1. The highest BCUT2D eigenvalue weighted by Gasteiger charge is 2.30. The van der Waals surface area contributed by atoms with Crippen molar-refractivity contribution in [3.05, 3.63) is 29.6 Å². The summed E-state index contributed by atoms with van der Waals surface area (Å²) < 4.78 is 0. The number of likely N-dealkylation sites (tertiary alicyclic amines) is 2. The molecule has 2 aliphatic heterocycles. The van der Waals surface area contributed by atoms with Crippen molar-refractivity contribution in [2.75, 3.05) is 44.7 Å². The van der Waals surface area contributed by atoms with E-state index in [1.807, 2.05) is 11.8 Å². The molecule has 1 N–H and O–H groups in total. The molecule has 0 unspecified atom stereocenters. The first kappa shape index (κ1) is 21.6. The van der Waals surface area contributed by atoms with E-state index in [9.17, 15) is 4.79 Å². The number of aromatic nitrogens is 1. The van der Waals surface area contributed by atoms with E-state index in [1.54, 1.807) is 0 Å². The van der Waals surface area contributed by atoms with Crippen molar-refractivity contribution in [1.82, 2.24) is 20.1 Å². The van der Waals surface area contributed by atoms with Gasteiger partial charge in [-0.1, -0.05) is 6.07 Å². The Balaban J connectivity index is 1.35. The Morgan fingerprint density at radius 2 is 1.93 bits per heavy atom. The molecule has 0 radical (unpaired) electrons. The standard InChI is InChI=1S/C22H36N4OS/c1-18-5-3-6-20(24-18)17-25-12-9-21(10-13-25)26-14-7-19(8-15-26)22(27)23-11-4-16-28-2/h3,5-6,19,21H,4,7-17H2,1-2H3,(H,23,27). The number of pyridine rings is 1. The van der Waals surface area contributed by atoms with Gasteiger partial charge in [-0.15, -0.1) is 0 Å². The average Bonchev–Trinajstić information content (AvgIpc) is 2.72. The van der Waals surface area contributed by atoms with E-state index in [4.69, 9.17) is 0 Å². The molecule has 2 aliphatic rings. The van der Waals surface area contributed by atoms with Crippen LogP contribution in [0.2, 0.25) is 0 Å². The zero-order valence-electron chi connectivity index (χ0n) is 17.5. The second kappa shape index (κ2) is 11.2. The van der Waals surface area contributed by atoms with Crippen LogP contribution in [0.25, 0.3) is 0 Å². The summed E-state index contributed by atoms with van der Waals surface area (Å²) in [7, 11) is 0. The maximum absolute atomic E-state index is 12.3. The summed E-state index contributed by atoms with van der Waals surface area (Å²) in [5.41, 5.74) is 2.28. The largest absolute Gasteiger partial charge is 0.356 e. The average molecular weight is 405 g/mol. The third kappa shape index (κ3) is 6.46. The molecule has 28 heavy (non-hydrogen) atoms. The van der Waals surface area contributed by atoms with E-state index >= 15 is 0 Å². The SMILES string of the molecule is CSCCCNC(=O)C1CCN(C2CCN(Cc3cccc(C)n3)CC2)CC1. The summed E-state index contributed by atoms with van der Waals surface area (Å²) in [6.45, 7) is 8.30. The molecular formula is C22H36N4OS. The van der Waals surface area contributed by atoms with Gasteiger partial charge in [-0.3, -0.25) is 14.7 Å². The van der Waals surface area contributed by atoms with Crippen molar-refractivity contribution >= 4 is 17.7 Å². The minimum absolute atomic E-state index is 0.220. The highest BCUT2D eigenvalue weighted by Crippen LogP contribution is 2.24. The quantitative estimate of drug-likeness (QED) is 0.675. The van der Waals surface area contributed by atoms with Crippen molar-refractivity contribution < 1.29 is 4.79 Å². The molecule has 3 heterocycles. The monoisotopic (exact) mass is 404 g/mol. The van der Waals surface area contributed by atoms with Crippen LogP contribution < -0.4 is 5.32 Å². The Morgan fingerprint density at radius 3 is 2.61 bits per heavy atom. The number of rotatable bonds is 8. The number of aryl methyl sites for hydroxylation is 1. The second-order valence-electron chi connectivity index (χ2n) is 8.23. The van der Waals surface area contributed by atoms with Gasteiger partial charge in [0.1, 0.15) is 0 Å². The third-order valence-corrected chi connectivity index (χ3v) is 6.83. The van der Waals surface area contributed by atoms with E-state index in [0.717, 1.165) is 70.0 Å². The number of nitrogens with one attached hydrogen (secondary N) is 1. The zero-order chi connectivity index (χ0) is 19.8. The topological polar surface area (TPSA) is 48.5 Å². The highest BCUT2D eigenvalue weighted by molar-refractivity contribution is 7.98. The lowest BCUT2D eigenvalue weighted by atomic mass is 9.92. The Bertz CT molecular complexity index is 610. The lowest BCUT2D eigenvalue weighted by molar-refractivity contribution is -0.126. The van der Waals surface area contributed by atoms with Crippen LogP contribution in [0.1, 0.15) is 43.5 Å². The van der Waals surface area contributed by atoms with Gasteiger partial charge in [0.15, 0.2) is 0 Å². The summed E-state index contributed by atoms with van der Waals surface area (Å²) in [6.07, 6.45) is 7.68. The molecule has 0 aromatic carbocycles. The molecule has 156 valence electrons. The summed E-state index contributed by atoms with van der Waals surface area (Å²) >= 11 is 1.84. The zero-order valence-corrected chi connectivity index (χ0v) is 18.3. The smallest absolute Gasteiger partial charge is 0.223 e. The van der Waals surface area contributed by atoms with Gasteiger partial charge in [0.05, 0.1) is 5.69 Å². The fourth-order valence-electron chi connectivity index (χ4n) is 4.46. The Hall–Kier alpha value is -1.11. The Kier molecular flexibility index (Phi) is 8.62. The number of hydrogen-bond donors (Lipinski definition) is 1. The van der Waals surface area contributed by atoms with Gasteiger partial charge in [-0.25, -0.2) is 0 Å². The Morgan fingerprint density at radius 1 is 1.18 bits per heavy atom. The molecule has 6 heteroatoms. The first-order valence-electron chi connectivity index (χ1n) is 10.8. The maximum atomic E-state index is 12.3. The summed E-state index contributed by atoms with van der Waals surface area (Å²) in [4.78, 5) is 22.2. The third-order valence-electron chi connectivity index (χ3n) is 6.13. The van der Waals surface area contributed by atoms with Gasteiger partial charge in [0.2, 0.25) is 5.91 Å². The van der Waals surface area contributed by atoms with Crippen LogP contribution >= 0.6 is 11.8 Å². The fourth-order valence-corrected chi connectivity index (χ4v) is 4.89. The number of nitrogens with zero attached hydrogens (tertiary/aromatic N) is 3. The van der Waals surface area contributed by atoms with Crippen LogP contribution in [0.5, 0.6) is 0 Å².